The topological polar surface area (TPSA) is 61.9 Å². The highest BCUT2D eigenvalue weighted by molar-refractivity contribution is 5.88. The van der Waals surface area contributed by atoms with Crippen LogP contribution in [0.1, 0.15) is 42.5 Å². The molecule has 2 amide bonds. The van der Waals surface area contributed by atoms with E-state index in [0.717, 1.165) is 49.5 Å². The zero-order valence-electron chi connectivity index (χ0n) is 19.8. The number of morpholine rings is 1. The van der Waals surface area contributed by atoms with Crippen LogP contribution in [0.2, 0.25) is 0 Å². The van der Waals surface area contributed by atoms with E-state index >= 15 is 0 Å². The van der Waals surface area contributed by atoms with Crippen molar-refractivity contribution in [1.82, 2.24) is 15.1 Å². The molecule has 1 atom stereocenters. The minimum atomic E-state index is -0.470. The van der Waals surface area contributed by atoms with E-state index in [2.05, 4.69) is 34.5 Å². The summed E-state index contributed by atoms with van der Waals surface area (Å²) in [5.41, 5.74) is 4.60. The maximum Gasteiger partial charge on any atom is 0.243 e. The maximum atomic E-state index is 13.3. The predicted octanol–water partition coefficient (Wildman–Crippen LogP) is 3.13. The van der Waals surface area contributed by atoms with Crippen molar-refractivity contribution in [2.45, 2.75) is 52.4 Å². The van der Waals surface area contributed by atoms with Gasteiger partial charge in [-0.2, -0.15) is 0 Å². The lowest BCUT2D eigenvalue weighted by Gasteiger charge is -2.36. The molecule has 2 aromatic carbocycles. The predicted molar refractivity (Wildman–Crippen MR) is 128 cm³/mol. The highest BCUT2D eigenvalue weighted by Crippen LogP contribution is 2.25. The van der Waals surface area contributed by atoms with E-state index in [1.165, 1.54) is 5.56 Å². The molecule has 0 saturated carbocycles. The second kappa shape index (κ2) is 10.9. The van der Waals surface area contributed by atoms with Crippen LogP contribution in [0.3, 0.4) is 0 Å². The molecule has 2 aliphatic heterocycles. The fourth-order valence-corrected chi connectivity index (χ4v) is 4.65. The molecule has 2 aromatic rings. The Balaban J connectivity index is 1.41. The van der Waals surface area contributed by atoms with Gasteiger partial charge in [-0.05, 0) is 28.2 Å². The van der Waals surface area contributed by atoms with E-state index in [0.29, 0.717) is 25.9 Å². The van der Waals surface area contributed by atoms with Crippen LogP contribution in [0.25, 0.3) is 0 Å². The molecule has 1 N–H and O–H groups in total. The van der Waals surface area contributed by atoms with Gasteiger partial charge in [0, 0.05) is 45.6 Å². The van der Waals surface area contributed by atoms with Crippen molar-refractivity contribution in [2.24, 2.45) is 5.92 Å². The van der Waals surface area contributed by atoms with Crippen molar-refractivity contribution in [2.75, 3.05) is 26.3 Å². The summed E-state index contributed by atoms with van der Waals surface area (Å²) in [5, 5.41) is 3.10. The molecule has 1 fully saturated rings. The SMILES string of the molecule is CC(C)CC(=O)N1Cc2ccccc2CC1C(=O)NCc1cccc(CN2CCOCC2)c1. The van der Waals surface area contributed by atoms with E-state index in [1.54, 1.807) is 4.90 Å². The third kappa shape index (κ3) is 6.21. The quantitative estimate of drug-likeness (QED) is 0.706. The highest BCUT2D eigenvalue weighted by atomic mass is 16.5. The molecule has 4 rings (SSSR count). The number of carbonyl (C=O) groups excluding carboxylic acids is 2. The first-order valence-corrected chi connectivity index (χ1v) is 12.0. The molecule has 1 saturated heterocycles. The normalized spacial score (nSPS) is 18.8. The number of fused-ring (bicyclic) bond motifs is 1. The van der Waals surface area contributed by atoms with Crippen molar-refractivity contribution in [3.05, 3.63) is 70.8 Å². The van der Waals surface area contributed by atoms with Gasteiger partial charge in [-0.25, -0.2) is 0 Å². The number of nitrogens with zero attached hydrogens (tertiary/aromatic N) is 2. The van der Waals surface area contributed by atoms with E-state index in [1.807, 2.05) is 38.1 Å². The van der Waals surface area contributed by atoms with E-state index in [-0.39, 0.29) is 17.7 Å². The number of carbonyl (C=O) groups is 2. The third-order valence-corrected chi connectivity index (χ3v) is 6.42. The first-order chi connectivity index (χ1) is 16.0. The Bertz CT molecular complexity index is 969. The molecule has 6 nitrogen and oxygen atoms in total. The minimum absolute atomic E-state index is 0.0483. The summed E-state index contributed by atoms with van der Waals surface area (Å²) in [6, 6.07) is 16.0. The first-order valence-electron chi connectivity index (χ1n) is 12.0. The number of ether oxygens (including phenoxy) is 1. The average molecular weight is 450 g/mol. The zero-order chi connectivity index (χ0) is 23.2. The summed E-state index contributed by atoms with van der Waals surface area (Å²) >= 11 is 0. The smallest absolute Gasteiger partial charge is 0.243 e. The third-order valence-electron chi connectivity index (χ3n) is 6.42. The number of nitrogens with one attached hydrogen (secondary N) is 1. The number of benzene rings is 2. The molecule has 0 bridgehead atoms. The van der Waals surface area contributed by atoms with Crippen LogP contribution in [-0.4, -0.2) is 54.0 Å². The van der Waals surface area contributed by atoms with Crippen molar-refractivity contribution in [1.29, 1.82) is 0 Å². The lowest BCUT2D eigenvalue weighted by Crippen LogP contribution is -2.52. The Labute approximate surface area is 196 Å². The Morgan fingerprint density at radius 1 is 1.03 bits per heavy atom. The minimum Gasteiger partial charge on any atom is -0.379 e. The van der Waals surface area contributed by atoms with Gasteiger partial charge in [0.1, 0.15) is 6.04 Å². The molecule has 1 unspecified atom stereocenters. The molecule has 33 heavy (non-hydrogen) atoms. The molecule has 176 valence electrons. The molecule has 0 aromatic heterocycles. The standard InChI is InChI=1S/C27H35N3O3/c1-20(2)14-26(31)30-19-24-9-4-3-8-23(24)16-25(30)27(32)28-17-21-6-5-7-22(15-21)18-29-10-12-33-13-11-29/h3-9,15,20,25H,10-14,16-19H2,1-2H3,(H,28,32). The number of hydrogen-bond donors (Lipinski definition) is 1. The fraction of sp³-hybridized carbons (Fsp3) is 0.481. The zero-order valence-corrected chi connectivity index (χ0v) is 19.8. The largest absolute Gasteiger partial charge is 0.379 e. The van der Waals surface area contributed by atoms with Crippen LogP contribution in [-0.2, 0) is 40.4 Å². The van der Waals surface area contributed by atoms with Gasteiger partial charge in [0.25, 0.3) is 0 Å². The number of hydrogen-bond acceptors (Lipinski definition) is 4. The van der Waals surface area contributed by atoms with Crippen LogP contribution in [0.5, 0.6) is 0 Å². The van der Waals surface area contributed by atoms with Crippen molar-refractivity contribution in [3.63, 3.8) is 0 Å². The van der Waals surface area contributed by atoms with Gasteiger partial charge in [0.15, 0.2) is 0 Å². The van der Waals surface area contributed by atoms with Crippen LogP contribution in [0.4, 0.5) is 0 Å². The maximum absolute atomic E-state index is 13.3. The summed E-state index contributed by atoms with van der Waals surface area (Å²) in [4.78, 5) is 30.4. The Kier molecular flexibility index (Phi) is 7.78. The van der Waals surface area contributed by atoms with Gasteiger partial charge >= 0.3 is 0 Å². The van der Waals surface area contributed by atoms with E-state index in [4.69, 9.17) is 4.74 Å². The van der Waals surface area contributed by atoms with Gasteiger partial charge in [-0.15, -0.1) is 0 Å². The molecular formula is C27H35N3O3. The Morgan fingerprint density at radius 3 is 2.52 bits per heavy atom. The number of rotatable bonds is 7. The summed E-state index contributed by atoms with van der Waals surface area (Å²) in [6.07, 6.45) is 1.01. The van der Waals surface area contributed by atoms with Gasteiger partial charge < -0.3 is 15.0 Å². The van der Waals surface area contributed by atoms with Crippen molar-refractivity contribution >= 4 is 11.8 Å². The van der Waals surface area contributed by atoms with Gasteiger partial charge in [0.05, 0.1) is 13.2 Å². The highest BCUT2D eigenvalue weighted by Gasteiger charge is 2.34. The van der Waals surface area contributed by atoms with Crippen LogP contribution >= 0.6 is 0 Å². The summed E-state index contributed by atoms with van der Waals surface area (Å²) < 4.78 is 5.44. The average Bonchev–Trinajstić information content (AvgIpc) is 2.82. The molecule has 0 radical (unpaired) electrons. The molecule has 0 aliphatic carbocycles. The van der Waals surface area contributed by atoms with E-state index in [9.17, 15) is 9.59 Å². The Hall–Kier alpha value is -2.70. The lowest BCUT2D eigenvalue weighted by atomic mass is 9.92. The van der Waals surface area contributed by atoms with E-state index < -0.39 is 6.04 Å². The summed E-state index contributed by atoms with van der Waals surface area (Å²) in [5.74, 6) is 0.222. The second-order valence-electron chi connectivity index (χ2n) is 9.53. The number of amides is 2. The molecule has 2 aliphatic rings. The molecule has 6 heteroatoms. The Morgan fingerprint density at radius 2 is 1.76 bits per heavy atom. The fourth-order valence-electron chi connectivity index (χ4n) is 4.65. The van der Waals surface area contributed by atoms with Crippen LogP contribution in [0.15, 0.2) is 48.5 Å². The van der Waals surface area contributed by atoms with Crippen LogP contribution < -0.4 is 5.32 Å². The summed E-state index contributed by atoms with van der Waals surface area (Å²) in [6.45, 7) is 9.38. The van der Waals surface area contributed by atoms with Crippen molar-refractivity contribution < 1.29 is 14.3 Å². The monoisotopic (exact) mass is 449 g/mol. The molecule has 0 spiro atoms. The first kappa shape index (κ1) is 23.5. The van der Waals surface area contributed by atoms with Gasteiger partial charge in [0.2, 0.25) is 11.8 Å². The summed E-state index contributed by atoms with van der Waals surface area (Å²) in [7, 11) is 0. The molecular weight excluding hydrogens is 414 g/mol. The lowest BCUT2D eigenvalue weighted by molar-refractivity contribution is -0.142. The van der Waals surface area contributed by atoms with Gasteiger partial charge in [-0.1, -0.05) is 62.4 Å². The van der Waals surface area contributed by atoms with Crippen molar-refractivity contribution in [3.8, 4) is 0 Å². The second-order valence-corrected chi connectivity index (χ2v) is 9.53. The molecule has 2 heterocycles. The van der Waals surface area contributed by atoms with Crippen LogP contribution in [0, 0.1) is 5.92 Å². The van der Waals surface area contributed by atoms with Gasteiger partial charge in [-0.3, -0.25) is 14.5 Å².